The zero-order valence-electron chi connectivity index (χ0n) is 16.5. The molecular weight excluding hydrogens is 424 g/mol. The molecule has 30 heavy (non-hydrogen) atoms. The van der Waals surface area contributed by atoms with Gasteiger partial charge in [-0.1, -0.05) is 23.7 Å². The molecular formula is C21H23ClN4O3S. The van der Waals surface area contributed by atoms with Crippen molar-refractivity contribution < 1.29 is 8.42 Å². The van der Waals surface area contributed by atoms with Gasteiger partial charge in [0.2, 0.25) is 10.0 Å². The third-order valence-electron chi connectivity index (χ3n) is 4.50. The topological polar surface area (TPSA) is 93.1 Å². The van der Waals surface area contributed by atoms with Crippen molar-refractivity contribution in [3.05, 3.63) is 87.6 Å². The summed E-state index contributed by atoms with van der Waals surface area (Å²) in [6, 6.07) is 13.5. The quantitative estimate of drug-likeness (QED) is 0.489. The first-order valence-electron chi connectivity index (χ1n) is 9.43. The van der Waals surface area contributed by atoms with Gasteiger partial charge < -0.3 is 9.88 Å². The van der Waals surface area contributed by atoms with Gasteiger partial charge in [0.25, 0.3) is 5.56 Å². The number of halogens is 1. The van der Waals surface area contributed by atoms with Gasteiger partial charge in [-0.3, -0.25) is 14.5 Å². The predicted octanol–water partition coefficient (Wildman–Crippen LogP) is 3.65. The van der Waals surface area contributed by atoms with E-state index in [1.54, 1.807) is 47.3 Å². The van der Waals surface area contributed by atoms with Gasteiger partial charge in [-0.15, -0.1) is 0 Å². The van der Waals surface area contributed by atoms with Crippen LogP contribution >= 0.6 is 11.6 Å². The number of anilines is 2. The Morgan fingerprint density at radius 2 is 1.73 bits per heavy atom. The van der Waals surface area contributed by atoms with Crippen LogP contribution in [0.3, 0.4) is 0 Å². The molecule has 2 heterocycles. The molecule has 0 spiro atoms. The summed E-state index contributed by atoms with van der Waals surface area (Å²) in [5.41, 5.74) is 1.99. The fourth-order valence-corrected chi connectivity index (χ4v) is 4.29. The second-order valence-electron chi connectivity index (χ2n) is 6.85. The molecule has 0 saturated heterocycles. The standard InChI is InChI=1S/C21H23ClN4O3S/c1-16-3-8-20(25-30(28,29)15-17-4-6-18(22)7-5-17)21(27)26(16)14-2-11-24-19-9-12-23-13-10-19/h3-10,12-13,25H,2,11,14-15H2,1H3,(H,23,24). The fourth-order valence-electron chi connectivity index (χ4n) is 2.97. The van der Waals surface area contributed by atoms with Crippen LogP contribution in [0.5, 0.6) is 0 Å². The van der Waals surface area contributed by atoms with E-state index in [1.807, 2.05) is 19.1 Å². The highest BCUT2D eigenvalue weighted by molar-refractivity contribution is 7.91. The normalized spacial score (nSPS) is 11.3. The van der Waals surface area contributed by atoms with Crippen molar-refractivity contribution in [3.63, 3.8) is 0 Å². The lowest BCUT2D eigenvalue weighted by atomic mass is 10.2. The van der Waals surface area contributed by atoms with Crippen LogP contribution in [0.2, 0.25) is 5.02 Å². The van der Waals surface area contributed by atoms with E-state index in [1.165, 1.54) is 6.07 Å². The van der Waals surface area contributed by atoms with Gasteiger partial charge in [0.15, 0.2) is 0 Å². The third-order valence-corrected chi connectivity index (χ3v) is 5.99. The monoisotopic (exact) mass is 446 g/mol. The minimum absolute atomic E-state index is 0.0386. The van der Waals surface area contributed by atoms with Crippen LogP contribution < -0.4 is 15.6 Å². The summed E-state index contributed by atoms with van der Waals surface area (Å²) in [7, 11) is -3.74. The average molecular weight is 447 g/mol. The maximum atomic E-state index is 12.8. The number of hydrogen-bond acceptors (Lipinski definition) is 5. The Hall–Kier alpha value is -2.84. The van der Waals surface area contributed by atoms with Crippen LogP contribution in [0.25, 0.3) is 0 Å². The van der Waals surface area contributed by atoms with Crippen molar-refractivity contribution in [2.75, 3.05) is 16.6 Å². The number of rotatable bonds is 9. The average Bonchev–Trinajstić information content (AvgIpc) is 2.72. The van der Waals surface area contributed by atoms with Crippen LogP contribution in [-0.4, -0.2) is 24.5 Å². The summed E-state index contributed by atoms with van der Waals surface area (Å²) in [5.74, 6) is -0.243. The van der Waals surface area contributed by atoms with Gasteiger partial charge >= 0.3 is 0 Å². The van der Waals surface area contributed by atoms with E-state index >= 15 is 0 Å². The minimum atomic E-state index is -3.74. The largest absolute Gasteiger partial charge is 0.385 e. The minimum Gasteiger partial charge on any atom is -0.385 e. The van der Waals surface area contributed by atoms with Crippen LogP contribution in [0, 0.1) is 6.92 Å². The SMILES string of the molecule is Cc1ccc(NS(=O)(=O)Cc2ccc(Cl)cc2)c(=O)n1CCCNc1ccncc1. The molecule has 1 aromatic carbocycles. The Bertz CT molecular complexity index is 1150. The number of aryl methyl sites for hydroxylation is 1. The molecule has 0 atom stereocenters. The Balaban J connectivity index is 1.66. The maximum absolute atomic E-state index is 12.8. The van der Waals surface area contributed by atoms with Crippen molar-refractivity contribution in [3.8, 4) is 0 Å². The Kier molecular flexibility index (Phi) is 7.12. The van der Waals surface area contributed by atoms with Gasteiger partial charge in [-0.2, -0.15) is 0 Å². The van der Waals surface area contributed by atoms with Crippen molar-refractivity contribution in [2.45, 2.75) is 25.6 Å². The van der Waals surface area contributed by atoms with E-state index in [0.717, 1.165) is 11.4 Å². The molecule has 0 aliphatic carbocycles. The summed E-state index contributed by atoms with van der Waals surface area (Å²) in [4.78, 5) is 16.8. The lowest BCUT2D eigenvalue weighted by Crippen LogP contribution is -2.28. The van der Waals surface area contributed by atoms with Crippen LogP contribution in [0.4, 0.5) is 11.4 Å². The number of nitrogens with zero attached hydrogens (tertiary/aromatic N) is 2. The summed E-state index contributed by atoms with van der Waals surface area (Å²) < 4.78 is 29.0. The molecule has 2 N–H and O–H groups in total. The van der Waals surface area contributed by atoms with Crippen LogP contribution in [-0.2, 0) is 22.3 Å². The number of sulfonamides is 1. The van der Waals surface area contributed by atoms with Crippen molar-refractivity contribution in [1.82, 2.24) is 9.55 Å². The lowest BCUT2D eigenvalue weighted by Gasteiger charge is -2.14. The maximum Gasteiger partial charge on any atom is 0.275 e. The molecule has 0 aliphatic heterocycles. The molecule has 9 heteroatoms. The van der Waals surface area contributed by atoms with Crippen LogP contribution in [0.15, 0.2) is 65.7 Å². The Morgan fingerprint density at radius 1 is 1.03 bits per heavy atom. The predicted molar refractivity (Wildman–Crippen MR) is 120 cm³/mol. The van der Waals surface area contributed by atoms with Gasteiger partial charge in [0.05, 0.1) is 5.75 Å². The fraction of sp³-hybridized carbons (Fsp3) is 0.238. The number of benzene rings is 1. The first-order valence-corrected chi connectivity index (χ1v) is 11.5. The highest BCUT2D eigenvalue weighted by atomic mass is 35.5. The van der Waals surface area contributed by atoms with Gasteiger partial charge in [0.1, 0.15) is 5.69 Å². The number of pyridine rings is 2. The highest BCUT2D eigenvalue weighted by Crippen LogP contribution is 2.14. The number of nitrogens with one attached hydrogen (secondary N) is 2. The van der Waals surface area contributed by atoms with E-state index in [9.17, 15) is 13.2 Å². The molecule has 0 unspecified atom stereocenters. The van der Waals surface area contributed by atoms with E-state index in [4.69, 9.17) is 11.6 Å². The molecule has 0 fully saturated rings. The van der Waals surface area contributed by atoms with E-state index in [0.29, 0.717) is 30.1 Å². The smallest absolute Gasteiger partial charge is 0.275 e. The second-order valence-corrected chi connectivity index (χ2v) is 9.01. The number of aromatic nitrogens is 2. The molecule has 0 amide bonds. The van der Waals surface area contributed by atoms with Crippen molar-refractivity contribution in [1.29, 1.82) is 0 Å². The molecule has 7 nitrogen and oxygen atoms in total. The molecule has 0 aliphatic rings. The first-order chi connectivity index (χ1) is 14.3. The third kappa shape index (κ3) is 6.08. The summed E-state index contributed by atoms with van der Waals surface area (Å²) in [6.45, 7) is 2.96. The first kappa shape index (κ1) is 21.9. The van der Waals surface area contributed by atoms with Crippen molar-refractivity contribution >= 4 is 33.0 Å². The molecule has 0 saturated carbocycles. The molecule has 2 aromatic heterocycles. The molecule has 0 radical (unpaired) electrons. The summed E-state index contributed by atoms with van der Waals surface area (Å²) in [5, 5.41) is 3.79. The number of hydrogen-bond donors (Lipinski definition) is 2. The van der Waals surface area contributed by atoms with E-state index in [-0.39, 0.29) is 17.0 Å². The van der Waals surface area contributed by atoms with Crippen LogP contribution in [0.1, 0.15) is 17.7 Å². The van der Waals surface area contributed by atoms with Gasteiger partial charge in [-0.25, -0.2) is 8.42 Å². The molecule has 0 bridgehead atoms. The summed E-state index contributed by atoms with van der Waals surface area (Å²) >= 11 is 5.84. The second kappa shape index (κ2) is 9.77. The van der Waals surface area contributed by atoms with E-state index < -0.39 is 10.0 Å². The Labute approximate surface area is 180 Å². The molecule has 3 rings (SSSR count). The zero-order chi connectivity index (χ0) is 21.6. The molecule has 3 aromatic rings. The van der Waals surface area contributed by atoms with Crippen molar-refractivity contribution in [2.24, 2.45) is 0 Å². The summed E-state index contributed by atoms with van der Waals surface area (Å²) in [6.07, 6.45) is 4.11. The zero-order valence-corrected chi connectivity index (χ0v) is 18.1. The van der Waals surface area contributed by atoms with E-state index in [2.05, 4.69) is 15.0 Å². The lowest BCUT2D eigenvalue weighted by molar-refractivity contribution is 0.599. The molecule has 158 valence electrons. The Morgan fingerprint density at radius 3 is 2.43 bits per heavy atom. The van der Waals surface area contributed by atoms with Gasteiger partial charge in [-0.05, 0) is 55.3 Å². The van der Waals surface area contributed by atoms with Gasteiger partial charge in [0, 0.05) is 41.9 Å². The highest BCUT2D eigenvalue weighted by Gasteiger charge is 2.15.